The number of hydrogen-bond donors (Lipinski definition) is 2. The molecular weight excluding hydrogens is 667 g/mol. The maximum Gasteiger partial charge on any atom is 0.307 e. The van der Waals surface area contributed by atoms with E-state index in [1.54, 1.807) is 18.2 Å². The Labute approximate surface area is 271 Å². The first-order valence-corrected chi connectivity index (χ1v) is 14.8. The number of aryl methyl sites for hydroxylation is 2. The third-order valence-corrected chi connectivity index (χ3v) is 7.38. The fraction of sp³-hybridized carbons (Fsp3) is 0.121. The van der Waals surface area contributed by atoms with Crippen molar-refractivity contribution in [3.63, 3.8) is 0 Å². The summed E-state index contributed by atoms with van der Waals surface area (Å²) in [7, 11) is 0. The highest BCUT2D eigenvalue weighted by atomic mass is 79.9. The molecule has 2 aromatic heterocycles. The van der Waals surface area contributed by atoms with Crippen LogP contribution in [0.25, 0.3) is 5.69 Å². The van der Waals surface area contributed by atoms with Gasteiger partial charge in [0, 0.05) is 22.8 Å². The minimum absolute atomic E-state index is 0.0709. The molecule has 2 heterocycles. The topological polar surface area (TPSA) is 107 Å². The number of ether oxygens (including phenoxy) is 2. The first-order chi connectivity index (χ1) is 21.7. The van der Waals surface area contributed by atoms with E-state index in [2.05, 4.69) is 62.3 Å². The number of benzene rings is 3. The van der Waals surface area contributed by atoms with E-state index in [9.17, 15) is 14.0 Å². The molecule has 0 unspecified atom stereocenters. The molecule has 0 aliphatic carbocycles. The van der Waals surface area contributed by atoms with Gasteiger partial charge in [0.15, 0.2) is 18.1 Å². The van der Waals surface area contributed by atoms with E-state index in [-0.39, 0.29) is 29.7 Å². The van der Waals surface area contributed by atoms with Gasteiger partial charge in [0.1, 0.15) is 23.9 Å². The summed E-state index contributed by atoms with van der Waals surface area (Å²) in [5.74, 6) is 0.0670. The Balaban J connectivity index is 1.10. The second-order valence-electron chi connectivity index (χ2n) is 9.86. The summed E-state index contributed by atoms with van der Waals surface area (Å²) in [5.41, 5.74) is 6.74. The highest BCUT2D eigenvalue weighted by Gasteiger charge is 2.14. The molecule has 230 valence electrons. The van der Waals surface area contributed by atoms with Crippen molar-refractivity contribution in [2.24, 2.45) is 5.10 Å². The van der Waals surface area contributed by atoms with Gasteiger partial charge in [-0.1, -0.05) is 11.6 Å². The Bertz CT molecular complexity index is 1810. The van der Waals surface area contributed by atoms with Gasteiger partial charge in [0.2, 0.25) is 0 Å². The lowest BCUT2D eigenvalue weighted by Crippen LogP contribution is -2.20. The molecule has 12 heteroatoms. The van der Waals surface area contributed by atoms with Gasteiger partial charge < -0.3 is 23.8 Å². The van der Waals surface area contributed by atoms with Crippen LogP contribution in [0.15, 0.2) is 98.9 Å². The third kappa shape index (κ3) is 8.20. The number of carbonyl (C=O) groups is 2. The molecule has 0 radical (unpaired) electrons. The van der Waals surface area contributed by atoms with Crippen molar-refractivity contribution in [3.8, 4) is 17.2 Å². The van der Waals surface area contributed by atoms with Crippen LogP contribution >= 0.6 is 27.5 Å². The molecular formula is C33H27BrClFN4O5. The maximum atomic E-state index is 13.0. The van der Waals surface area contributed by atoms with Crippen LogP contribution in [-0.4, -0.2) is 29.2 Å². The van der Waals surface area contributed by atoms with E-state index < -0.39 is 17.6 Å². The maximum absolute atomic E-state index is 13.0. The SMILES string of the molecule is Cc1ccc(C)n1-c1ccc(OCc2ccc(C(=O)N/N=C/c3cc(Cl)c(OCC(=O)Nc4ccc(F)cc4)c(Br)c3)o2)cc1. The van der Waals surface area contributed by atoms with Crippen molar-refractivity contribution in [1.29, 1.82) is 0 Å². The molecule has 0 saturated carbocycles. The molecule has 5 aromatic rings. The molecule has 0 aliphatic rings. The number of halogens is 3. The summed E-state index contributed by atoms with van der Waals surface area (Å²) in [4.78, 5) is 24.7. The Kier molecular flexibility index (Phi) is 10.0. The van der Waals surface area contributed by atoms with Crippen molar-refractivity contribution in [1.82, 2.24) is 9.99 Å². The number of anilines is 1. The van der Waals surface area contributed by atoms with Gasteiger partial charge >= 0.3 is 5.91 Å². The Morgan fingerprint density at radius 1 is 0.978 bits per heavy atom. The second-order valence-corrected chi connectivity index (χ2v) is 11.1. The number of hydrogen-bond acceptors (Lipinski definition) is 6. The summed E-state index contributed by atoms with van der Waals surface area (Å²) in [6.45, 7) is 3.93. The predicted octanol–water partition coefficient (Wildman–Crippen LogP) is 7.60. The van der Waals surface area contributed by atoms with Gasteiger partial charge in [-0.15, -0.1) is 0 Å². The average Bonchev–Trinajstić information content (AvgIpc) is 3.63. The average molecular weight is 694 g/mol. The first-order valence-electron chi connectivity index (χ1n) is 13.6. The normalized spacial score (nSPS) is 11.0. The summed E-state index contributed by atoms with van der Waals surface area (Å²) in [6.07, 6.45) is 1.40. The van der Waals surface area contributed by atoms with Crippen molar-refractivity contribution in [2.75, 3.05) is 11.9 Å². The molecule has 0 fully saturated rings. The minimum Gasteiger partial charge on any atom is -0.486 e. The van der Waals surface area contributed by atoms with Crippen molar-refractivity contribution in [3.05, 3.63) is 129 Å². The highest BCUT2D eigenvalue weighted by molar-refractivity contribution is 9.10. The number of nitrogens with one attached hydrogen (secondary N) is 2. The molecule has 2 N–H and O–H groups in total. The number of furan rings is 1. The molecule has 2 amide bonds. The first kappa shape index (κ1) is 31.6. The zero-order valence-corrected chi connectivity index (χ0v) is 26.5. The molecule has 3 aromatic carbocycles. The largest absolute Gasteiger partial charge is 0.486 e. The van der Waals surface area contributed by atoms with Crippen LogP contribution in [0.4, 0.5) is 10.1 Å². The van der Waals surface area contributed by atoms with Gasteiger partial charge in [-0.05, 0) is 120 Å². The lowest BCUT2D eigenvalue weighted by molar-refractivity contribution is -0.118. The lowest BCUT2D eigenvalue weighted by Gasteiger charge is -2.11. The van der Waals surface area contributed by atoms with Gasteiger partial charge in [0.05, 0.1) is 15.7 Å². The minimum atomic E-state index is -0.545. The second kappa shape index (κ2) is 14.3. The molecule has 0 aliphatic heterocycles. The number of amides is 2. The number of hydrazone groups is 1. The fourth-order valence-electron chi connectivity index (χ4n) is 4.38. The van der Waals surface area contributed by atoms with E-state index >= 15 is 0 Å². The van der Waals surface area contributed by atoms with Crippen LogP contribution in [0.2, 0.25) is 5.02 Å². The number of nitrogens with zero attached hydrogens (tertiary/aromatic N) is 2. The quantitative estimate of drug-likeness (QED) is 0.109. The Morgan fingerprint density at radius 2 is 1.69 bits per heavy atom. The molecule has 0 spiro atoms. The highest BCUT2D eigenvalue weighted by Crippen LogP contribution is 2.34. The molecule has 0 atom stereocenters. The summed E-state index contributed by atoms with van der Waals surface area (Å²) in [5, 5.41) is 6.79. The van der Waals surface area contributed by atoms with E-state index in [0.29, 0.717) is 27.2 Å². The summed E-state index contributed by atoms with van der Waals surface area (Å²) in [6, 6.07) is 23.7. The molecule has 0 bridgehead atoms. The van der Waals surface area contributed by atoms with Crippen LogP contribution < -0.4 is 20.2 Å². The van der Waals surface area contributed by atoms with Gasteiger partial charge in [-0.25, -0.2) is 9.82 Å². The van der Waals surface area contributed by atoms with E-state index in [1.165, 1.54) is 36.5 Å². The van der Waals surface area contributed by atoms with Gasteiger partial charge in [-0.3, -0.25) is 9.59 Å². The summed E-state index contributed by atoms with van der Waals surface area (Å²) >= 11 is 9.72. The zero-order valence-electron chi connectivity index (χ0n) is 24.1. The van der Waals surface area contributed by atoms with Crippen molar-refractivity contribution in [2.45, 2.75) is 20.5 Å². The number of rotatable bonds is 11. The van der Waals surface area contributed by atoms with Crippen LogP contribution in [-0.2, 0) is 11.4 Å². The molecule has 45 heavy (non-hydrogen) atoms. The predicted molar refractivity (Wildman–Crippen MR) is 173 cm³/mol. The lowest BCUT2D eigenvalue weighted by atomic mass is 10.2. The van der Waals surface area contributed by atoms with E-state index in [1.807, 2.05) is 24.3 Å². The smallest absolute Gasteiger partial charge is 0.307 e. The number of carbonyl (C=O) groups excluding carboxylic acids is 2. The zero-order chi connectivity index (χ0) is 31.9. The van der Waals surface area contributed by atoms with Crippen LogP contribution in [0.5, 0.6) is 11.5 Å². The van der Waals surface area contributed by atoms with E-state index in [4.69, 9.17) is 25.5 Å². The van der Waals surface area contributed by atoms with Crippen LogP contribution in [0.1, 0.15) is 33.3 Å². The molecule has 9 nitrogen and oxygen atoms in total. The van der Waals surface area contributed by atoms with Crippen molar-refractivity contribution < 1.29 is 27.9 Å². The Hall–Kier alpha value is -4.87. The molecule has 5 rings (SSSR count). The van der Waals surface area contributed by atoms with E-state index in [0.717, 1.165) is 17.1 Å². The number of aromatic nitrogens is 1. The molecule has 0 saturated heterocycles. The monoisotopic (exact) mass is 692 g/mol. The third-order valence-electron chi connectivity index (χ3n) is 6.51. The van der Waals surface area contributed by atoms with Gasteiger partial charge in [-0.2, -0.15) is 5.10 Å². The standard InChI is InChI=1S/C33H27BrClFN4O5/c1-20-3-4-21(2)40(20)25-9-11-26(12-10-25)43-18-27-13-14-30(45-27)33(42)39-37-17-22-15-28(34)32(29(35)16-22)44-19-31(41)38-24-7-5-23(36)6-8-24/h3-17H,18-19H2,1-2H3,(H,38,41)(H,39,42)/b37-17+. The fourth-order valence-corrected chi connectivity index (χ4v) is 5.37. The van der Waals surface area contributed by atoms with Crippen molar-refractivity contribution >= 4 is 51.2 Å². The van der Waals surface area contributed by atoms with Crippen LogP contribution in [0, 0.1) is 19.7 Å². The summed E-state index contributed by atoms with van der Waals surface area (Å²) < 4.78 is 32.7. The van der Waals surface area contributed by atoms with Gasteiger partial charge in [0.25, 0.3) is 5.91 Å². The van der Waals surface area contributed by atoms with Crippen LogP contribution in [0.3, 0.4) is 0 Å². The Morgan fingerprint density at radius 3 is 2.38 bits per heavy atom.